The van der Waals surface area contributed by atoms with E-state index in [4.69, 9.17) is 5.11 Å². The van der Waals surface area contributed by atoms with Crippen LogP contribution in [0.3, 0.4) is 0 Å². The summed E-state index contributed by atoms with van der Waals surface area (Å²) in [5.74, 6) is -0.683. The lowest BCUT2D eigenvalue weighted by Crippen LogP contribution is -2.39. The lowest BCUT2D eigenvalue weighted by atomic mass is 9.97. The van der Waals surface area contributed by atoms with Gasteiger partial charge in [-0.2, -0.15) is 4.31 Å². The molecule has 1 N–H and O–H groups in total. The van der Waals surface area contributed by atoms with E-state index in [-0.39, 0.29) is 9.77 Å². The summed E-state index contributed by atoms with van der Waals surface area (Å²) in [6.45, 7) is 3.13. The number of aromatic carboxylic acids is 1. The molecule has 1 aliphatic rings. The highest BCUT2D eigenvalue weighted by atomic mass is 32.2. The highest BCUT2D eigenvalue weighted by Crippen LogP contribution is 2.27. The minimum Gasteiger partial charge on any atom is -0.477 e. The Morgan fingerprint density at radius 1 is 1.58 bits per heavy atom. The fourth-order valence-corrected chi connectivity index (χ4v) is 4.95. The Hall–Kier alpha value is -0.920. The standard InChI is InChI=1S/C12H17NO4S2/c1-2-9-4-3-5-13(7-9)19(16,17)10-6-11(12(14)15)18-8-10/h6,8-9H,2-5,7H2,1H3,(H,14,15). The number of thiophene rings is 1. The maximum atomic E-state index is 12.4. The Kier molecular flexibility index (Phi) is 4.27. The molecule has 2 rings (SSSR count). The van der Waals surface area contributed by atoms with Gasteiger partial charge in [-0.05, 0) is 24.8 Å². The van der Waals surface area contributed by atoms with Crippen LogP contribution in [0, 0.1) is 5.92 Å². The molecule has 5 nitrogen and oxygen atoms in total. The van der Waals surface area contributed by atoms with E-state index in [1.54, 1.807) is 0 Å². The van der Waals surface area contributed by atoms with E-state index < -0.39 is 16.0 Å². The molecule has 1 unspecified atom stereocenters. The van der Waals surface area contributed by atoms with Crippen LogP contribution in [0.2, 0.25) is 0 Å². The first-order chi connectivity index (χ1) is 8.95. The van der Waals surface area contributed by atoms with Crippen LogP contribution in [0.1, 0.15) is 35.9 Å². The van der Waals surface area contributed by atoms with Crippen molar-refractivity contribution in [2.45, 2.75) is 31.1 Å². The molecule has 0 spiro atoms. The monoisotopic (exact) mass is 303 g/mol. The Morgan fingerprint density at radius 3 is 2.89 bits per heavy atom. The van der Waals surface area contributed by atoms with Crippen molar-refractivity contribution in [1.82, 2.24) is 4.31 Å². The zero-order valence-corrected chi connectivity index (χ0v) is 12.3. The van der Waals surface area contributed by atoms with E-state index in [0.29, 0.717) is 19.0 Å². The van der Waals surface area contributed by atoms with Crippen LogP contribution in [-0.2, 0) is 10.0 Å². The topological polar surface area (TPSA) is 74.7 Å². The lowest BCUT2D eigenvalue weighted by molar-refractivity contribution is 0.0702. The highest BCUT2D eigenvalue weighted by Gasteiger charge is 2.30. The molecule has 1 aliphatic heterocycles. The maximum Gasteiger partial charge on any atom is 0.345 e. The summed E-state index contributed by atoms with van der Waals surface area (Å²) in [7, 11) is -3.54. The third-order valence-electron chi connectivity index (χ3n) is 3.48. The number of carbonyl (C=O) groups is 1. The van der Waals surface area contributed by atoms with Crippen LogP contribution < -0.4 is 0 Å². The average Bonchev–Trinajstić information content (AvgIpc) is 2.89. The zero-order chi connectivity index (χ0) is 14.0. The third-order valence-corrected chi connectivity index (χ3v) is 6.39. The molecule has 1 aromatic rings. The Morgan fingerprint density at radius 2 is 2.32 bits per heavy atom. The van der Waals surface area contributed by atoms with Gasteiger partial charge in [-0.25, -0.2) is 13.2 Å². The predicted octanol–water partition coefficient (Wildman–Crippen LogP) is 2.26. The molecule has 0 saturated carbocycles. The molecule has 106 valence electrons. The fraction of sp³-hybridized carbons (Fsp3) is 0.583. The lowest BCUT2D eigenvalue weighted by Gasteiger charge is -2.31. The van der Waals surface area contributed by atoms with E-state index in [2.05, 4.69) is 6.92 Å². The minimum absolute atomic E-state index is 0.0580. The molecule has 0 amide bonds. The van der Waals surface area contributed by atoms with E-state index >= 15 is 0 Å². The molecular formula is C12H17NO4S2. The van der Waals surface area contributed by atoms with Crippen LogP contribution in [0.25, 0.3) is 0 Å². The molecule has 19 heavy (non-hydrogen) atoms. The van der Waals surface area contributed by atoms with Gasteiger partial charge < -0.3 is 5.11 Å². The SMILES string of the molecule is CCC1CCCN(S(=O)(=O)c2csc(C(=O)O)c2)C1. The number of sulfonamides is 1. The van der Waals surface area contributed by atoms with Gasteiger partial charge in [-0.1, -0.05) is 13.3 Å². The summed E-state index contributed by atoms with van der Waals surface area (Å²) in [5, 5.41) is 10.3. The van der Waals surface area contributed by atoms with Crippen molar-refractivity contribution in [1.29, 1.82) is 0 Å². The van der Waals surface area contributed by atoms with E-state index in [9.17, 15) is 13.2 Å². The second-order valence-electron chi connectivity index (χ2n) is 4.73. The summed E-state index contributed by atoms with van der Waals surface area (Å²) < 4.78 is 26.3. The molecule has 1 atom stereocenters. The van der Waals surface area contributed by atoms with Gasteiger partial charge in [0.05, 0.1) is 4.90 Å². The normalized spacial score (nSPS) is 21.4. The summed E-state index contributed by atoms with van der Waals surface area (Å²) in [5.41, 5.74) is 0. The number of hydrogen-bond acceptors (Lipinski definition) is 4. The molecular weight excluding hydrogens is 286 g/mol. The van der Waals surface area contributed by atoms with Gasteiger partial charge in [0.1, 0.15) is 4.88 Å². The third kappa shape index (κ3) is 2.98. The molecule has 0 aliphatic carbocycles. The van der Waals surface area contributed by atoms with Crippen LogP contribution in [0.15, 0.2) is 16.3 Å². The fourth-order valence-electron chi connectivity index (χ4n) is 2.29. The summed E-state index contributed by atoms with van der Waals surface area (Å²) in [6.07, 6.45) is 2.90. The molecule has 1 fully saturated rings. The number of hydrogen-bond donors (Lipinski definition) is 1. The zero-order valence-electron chi connectivity index (χ0n) is 10.7. The molecule has 1 saturated heterocycles. The number of carboxylic acid groups (broad SMARTS) is 1. The van der Waals surface area contributed by atoms with Crippen molar-refractivity contribution in [3.8, 4) is 0 Å². The van der Waals surface area contributed by atoms with E-state index in [1.807, 2.05) is 0 Å². The first kappa shape index (κ1) is 14.5. The van der Waals surface area contributed by atoms with Gasteiger partial charge in [0.15, 0.2) is 0 Å². The van der Waals surface area contributed by atoms with Crippen LogP contribution in [0.4, 0.5) is 0 Å². The maximum absolute atomic E-state index is 12.4. The van der Waals surface area contributed by atoms with Gasteiger partial charge in [-0.15, -0.1) is 11.3 Å². The smallest absolute Gasteiger partial charge is 0.345 e. The largest absolute Gasteiger partial charge is 0.477 e. The van der Waals surface area contributed by atoms with Crippen molar-refractivity contribution in [2.24, 2.45) is 5.92 Å². The summed E-state index contributed by atoms with van der Waals surface area (Å²) in [4.78, 5) is 11.0. The number of rotatable bonds is 4. The van der Waals surface area contributed by atoms with Crippen molar-refractivity contribution >= 4 is 27.3 Å². The van der Waals surface area contributed by atoms with Gasteiger partial charge in [0.25, 0.3) is 0 Å². The minimum atomic E-state index is -3.54. The highest BCUT2D eigenvalue weighted by molar-refractivity contribution is 7.89. The average molecular weight is 303 g/mol. The second-order valence-corrected chi connectivity index (χ2v) is 7.58. The second kappa shape index (κ2) is 5.60. The van der Waals surface area contributed by atoms with Gasteiger partial charge in [0, 0.05) is 18.5 Å². The molecule has 0 aromatic carbocycles. The Balaban J connectivity index is 2.23. The van der Waals surface area contributed by atoms with Gasteiger partial charge in [0.2, 0.25) is 10.0 Å². The molecule has 0 radical (unpaired) electrons. The Labute approximate surface area is 116 Å². The quantitative estimate of drug-likeness (QED) is 0.925. The van der Waals surface area contributed by atoms with E-state index in [1.165, 1.54) is 15.8 Å². The first-order valence-corrected chi connectivity index (χ1v) is 8.59. The van der Waals surface area contributed by atoms with E-state index in [0.717, 1.165) is 30.6 Å². The summed E-state index contributed by atoms with van der Waals surface area (Å²) in [6, 6.07) is 1.25. The number of piperidine rings is 1. The molecule has 1 aromatic heterocycles. The molecule has 0 bridgehead atoms. The van der Waals surface area contributed by atoms with Crippen molar-refractivity contribution in [3.63, 3.8) is 0 Å². The predicted molar refractivity (Wildman–Crippen MR) is 73.1 cm³/mol. The van der Waals surface area contributed by atoms with Gasteiger partial charge in [-0.3, -0.25) is 0 Å². The van der Waals surface area contributed by atoms with Gasteiger partial charge >= 0.3 is 5.97 Å². The van der Waals surface area contributed by atoms with Crippen LogP contribution >= 0.6 is 11.3 Å². The number of nitrogens with zero attached hydrogens (tertiary/aromatic N) is 1. The molecule has 7 heteroatoms. The first-order valence-electron chi connectivity index (χ1n) is 6.27. The number of carboxylic acids is 1. The Bertz CT molecular complexity index is 564. The summed E-state index contributed by atoms with van der Waals surface area (Å²) >= 11 is 0.950. The van der Waals surface area contributed by atoms with Crippen molar-refractivity contribution in [3.05, 3.63) is 16.3 Å². The van der Waals surface area contributed by atoms with Crippen LogP contribution in [-0.4, -0.2) is 36.9 Å². The van der Waals surface area contributed by atoms with Crippen molar-refractivity contribution < 1.29 is 18.3 Å². The van der Waals surface area contributed by atoms with Crippen molar-refractivity contribution in [2.75, 3.05) is 13.1 Å². The van der Waals surface area contributed by atoms with Crippen LogP contribution in [0.5, 0.6) is 0 Å². The molecule has 2 heterocycles.